The molecule has 0 bridgehead atoms. The number of nitrogens with zero attached hydrogens (tertiary/aromatic N) is 5. The molecule has 7 heteroatoms. The molecule has 2 fully saturated rings. The third-order valence-corrected chi connectivity index (χ3v) is 5.29. The van der Waals surface area contributed by atoms with Crippen molar-refractivity contribution in [3.8, 4) is 6.07 Å². The Bertz CT molecular complexity index is 776. The van der Waals surface area contributed by atoms with Gasteiger partial charge in [0.15, 0.2) is 0 Å². The average Bonchev–Trinajstić information content (AvgIpc) is 3.17. The molecule has 26 heavy (non-hydrogen) atoms. The van der Waals surface area contributed by atoms with Crippen LogP contribution in [0.4, 0.5) is 5.82 Å². The molecule has 7 nitrogen and oxygen atoms in total. The minimum absolute atomic E-state index is 0.385. The lowest BCUT2D eigenvalue weighted by atomic mass is 9.92. The van der Waals surface area contributed by atoms with Crippen LogP contribution in [0.5, 0.6) is 0 Å². The standard InChI is InChI=1S/C19H24N6O/c20-11-15-3-1-5-21-19(15)25-6-2-4-16(14-25)18-17(12-22-23-18)13-24-7-9-26-10-8-24/h1,3,5,12,16H,2,4,6-10,13-14H2,(H,22,23)/t16-/m1/s1. The first-order valence-corrected chi connectivity index (χ1v) is 9.27. The molecule has 0 amide bonds. The highest BCUT2D eigenvalue weighted by atomic mass is 16.5. The van der Waals surface area contributed by atoms with E-state index in [9.17, 15) is 5.26 Å². The number of ether oxygens (including phenoxy) is 1. The molecule has 0 radical (unpaired) electrons. The van der Waals surface area contributed by atoms with E-state index in [2.05, 4.69) is 31.1 Å². The average molecular weight is 352 g/mol. The largest absolute Gasteiger partial charge is 0.379 e. The van der Waals surface area contributed by atoms with Gasteiger partial charge in [-0.15, -0.1) is 0 Å². The van der Waals surface area contributed by atoms with Gasteiger partial charge in [0.2, 0.25) is 0 Å². The minimum atomic E-state index is 0.385. The Morgan fingerprint density at radius 2 is 2.19 bits per heavy atom. The molecule has 2 saturated heterocycles. The van der Waals surface area contributed by atoms with E-state index >= 15 is 0 Å². The van der Waals surface area contributed by atoms with Crippen LogP contribution in [0.3, 0.4) is 0 Å². The van der Waals surface area contributed by atoms with Crippen LogP contribution in [0.2, 0.25) is 0 Å². The van der Waals surface area contributed by atoms with Crippen molar-refractivity contribution < 1.29 is 4.74 Å². The first-order valence-electron chi connectivity index (χ1n) is 9.27. The lowest BCUT2D eigenvalue weighted by molar-refractivity contribution is 0.0340. The molecule has 4 heterocycles. The van der Waals surface area contributed by atoms with E-state index in [0.717, 1.165) is 64.6 Å². The van der Waals surface area contributed by atoms with Crippen LogP contribution in [0.25, 0.3) is 0 Å². The quantitative estimate of drug-likeness (QED) is 0.905. The van der Waals surface area contributed by atoms with E-state index in [1.807, 2.05) is 18.3 Å². The zero-order valence-corrected chi connectivity index (χ0v) is 14.9. The van der Waals surface area contributed by atoms with E-state index in [1.165, 1.54) is 11.3 Å². The molecule has 136 valence electrons. The van der Waals surface area contributed by atoms with Crippen molar-refractivity contribution in [2.45, 2.75) is 25.3 Å². The number of aromatic amines is 1. The molecule has 4 rings (SSSR count). The highest BCUT2D eigenvalue weighted by molar-refractivity contribution is 5.54. The molecular weight excluding hydrogens is 328 g/mol. The van der Waals surface area contributed by atoms with E-state index < -0.39 is 0 Å². The summed E-state index contributed by atoms with van der Waals surface area (Å²) >= 11 is 0. The van der Waals surface area contributed by atoms with Crippen LogP contribution >= 0.6 is 0 Å². The first kappa shape index (κ1) is 17.0. The fourth-order valence-corrected chi connectivity index (χ4v) is 3.94. The van der Waals surface area contributed by atoms with Crippen molar-refractivity contribution in [3.05, 3.63) is 41.3 Å². The minimum Gasteiger partial charge on any atom is -0.379 e. The van der Waals surface area contributed by atoms with E-state index in [0.29, 0.717) is 11.5 Å². The zero-order valence-electron chi connectivity index (χ0n) is 14.9. The number of morpholine rings is 1. The fraction of sp³-hybridized carbons (Fsp3) is 0.526. The number of H-pyrrole nitrogens is 1. The molecule has 2 aliphatic rings. The van der Waals surface area contributed by atoms with Gasteiger partial charge < -0.3 is 9.64 Å². The van der Waals surface area contributed by atoms with Crippen molar-refractivity contribution in [2.75, 3.05) is 44.3 Å². The van der Waals surface area contributed by atoms with Gasteiger partial charge in [0.1, 0.15) is 11.9 Å². The smallest absolute Gasteiger partial charge is 0.146 e. The van der Waals surface area contributed by atoms with Gasteiger partial charge in [-0.1, -0.05) is 0 Å². The first-order chi connectivity index (χ1) is 12.8. The van der Waals surface area contributed by atoms with Crippen LogP contribution in [0.1, 0.15) is 35.6 Å². The molecular formula is C19H24N6O. The second kappa shape index (κ2) is 7.85. The third kappa shape index (κ3) is 3.57. The molecule has 2 aliphatic heterocycles. The van der Waals surface area contributed by atoms with Gasteiger partial charge in [-0.2, -0.15) is 10.4 Å². The van der Waals surface area contributed by atoms with Crippen LogP contribution in [-0.2, 0) is 11.3 Å². The Hall–Kier alpha value is -2.43. The fourth-order valence-electron chi connectivity index (χ4n) is 3.94. The second-order valence-corrected chi connectivity index (χ2v) is 6.97. The van der Waals surface area contributed by atoms with Crippen molar-refractivity contribution >= 4 is 5.82 Å². The van der Waals surface area contributed by atoms with Crippen molar-refractivity contribution in [1.82, 2.24) is 20.1 Å². The molecule has 1 atom stereocenters. The zero-order chi connectivity index (χ0) is 17.8. The number of nitrogens with one attached hydrogen (secondary N) is 1. The Kier molecular flexibility index (Phi) is 5.14. The third-order valence-electron chi connectivity index (χ3n) is 5.29. The van der Waals surface area contributed by atoms with Crippen molar-refractivity contribution in [3.63, 3.8) is 0 Å². The molecule has 2 aromatic heterocycles. The maximum absolute atomic E-state index is 9.38. The highest BCUT2D eigenvalue weighted by Crippen LogP contribution is 2.31. The maximum atomic E-state index is 9.38. The Morgan fingerprint density at radius 1 is 1.31 bits per heavy atom. The molecule has 0 aromatic carbocycles. The second-order valence-electron chi connectivity index (χ2n) is 6.97. The van der Waals surface area contributed by atoms with E-state index in [-0.39, 0.29) is 0 Å². The lowest BCUT2D eigenvalue weighted by Gasteiger charge is -2.34. The van der Waals surface area contributed by atoms with Gasteiger partial charge in [0, 0.05) is 56.1 Å². The van der Waals surface area contributed by atoms with Crippen LogP contribution < -0.4 is 4.90 Å². The van der Waals surface area contributed by atoms with Gasteiger partial charge in [-0.25, -0.2) is 4.98 Å². The predicted octanol–water partition coefficient (Wildman–Crippen LogP) is 1.89. The number of hydrogen-bond acceptors (Lipinski definition) is 6. The SMILES string of the molecule is N#Cc1cccnc1N1CCC[C@@H](c2[nH]ncc2CN2CCOCC2)C1. The van der Waals surface area contributed by atoms with Crippen LogP contribution in [0.15, 0.2) is 24.5 Å². The van der Waals surface area contributed by atoms with Crippen LogP contribution in [-0.4, -0.2) is 59.5 Å². The normalized spacial score (nSPS) is 21.5. The van der Waals surface area contributed by atoms with Crippen molar-refractivity contribution in [2.24, 2.45) is 0 Å². The van der Waals surface area contributed by atoms with Crippen LogP contribution in [0, 0.1) is 11.3 Å². The highest BCUT2D eigenvalue weighted by Gasteiger charge is 2.27. The molecule has 0 aliphatic carbocycles. The summed E-state index contributed by atoms with van der Waals surface area (Å²) < 4.78 is 5.45. The summed E-state index contributed by atoms with van der Waals surface area (Å²) in [4.78, 5) is 9.12. The summed E-state index contributed by atoms with van der Waals surface area (Å²) in [6.07, 6.45) is 5.94. The number of nitriles is 1. The Balaban J connectivity index is 1.50. The number of anilines is 1. The Morgan fingerprint density at radius 3 is 3.04 bits per heavy atom. The van der Waals surface area contributed by atoms with Gasteiger partial charge in [0.25, 0.3) is 0 Å². The summed E-state index contributed by atoms with van der Waals surface area (Å²) in [6.45, 7) is 6.28. The van der Waals surface area contributed by atoms with Gasteiger partial charge >= 0.3 is 0 Å². The monoisotopic (exact) mass is 352 g/mol. The molecule has 2 aromatic rings. The lowest BCUT2D eigenvalue weighted by Crippen LogP contribution is -2.37. The van der Waals surface area contributed by atoms with Gasteiger partial charge in [-0.05, 0) is 25.0 Å². The van der Waals surface area contributed by atoms with E-state index in [1.54, 1.807) is 6.20 Å². The summed E-state index contributed by atoms with van der Waals surface area (Å²) in [6, 6.07) is 5.92. The predicted molar refractivity (Wildman–Crippen MR) is 97.8 cm³/mol. The van der Waals surface area contributed by atoms with Gasteiger partial charge in [0.05, 0.1) is 25.0 Å². The summed E-state index contributed by atoms with van der Waals surface area (Å²) in [7, 11) is 0. The van der Waals surface area contributed by atoms with Crippen molar-refractivity contribution in [1.29, 1.82) is 5.26 Å². The number of hydrogen-bond donors (Lipinski definition) is 1. The van der Waals surface area contributed by atoms with Gasteiger partial charge in [-0.3, -0.25) is 10.00 Å². The Labute approximate surface area is 153 Å². The number of aromatic nitrogens is 3. The summed E-state index contributed by atoms with van der Waals surface area (Å²) in [5.41, 5.74) is 3.15. The van der Waals surface area contributed by atoms with E-state index in [4.69, 9.17) is 4.74 Å². The number of rotatable bonds is 4. The molecule has 0 spiro atoms. The maximum Gasteiger partial charge on any atom is 0.146 e. The summed E-state index contributed by atoms with van der Waals surface area (Å²) in [5.74, 6) is 1.18. The molecule has 0 saturated carbocycles. The number of piperidine rings is 1. The molecule has 0 unspecified atom stereocenters. The summed E-state index contributed by atoms with van der Waals surface area (Å²) in [5, 5.41) is 16.9. The number of pyridine rings is 1. The topological polar surface area (TPSA) is 81.1 Å². The molecule has 1 N–H and O–H groups in total.